The summed E-state index contributed by atoms with van der Waals surface area (Å²) in [4.78, 5) is 5.04. The van der Waals surface area contributed by atoms with Crippen molar-refractivity contribution in [2.24, 2.45) is 11.8 Å². The van der Waals surface area contributed by atoms with Gasteiger partial charge in [-0.2, -0.15) is 0 Å². The molecule has 21 heavy (non-hydrogen) atoms. The van der Waals surface area contributed by atoms with E-state index in [2.05, 4.69) is 56.9 Å². The molecule has 0 saturated heterocycles. The van der Waals surface area contributed by atoms with Gasteiger partial charge in [0, 0.05) is 12.1 Å². The van der Waals surface area contributed by atoms with E-state index >= 15 is 0 Å². The van der Waals surface area contributed by atoms with Gasteiger partial charge >= 0.3 is 0 Å². The first kappa shape index (κ1) is 18.9. The number of hydrogen-bond acceptors (Lipinski definition) is 3. The van der Waals surface area contributed by atoms with Crippen LogP contribution in [0.15, 0.2) is 0 Å². The minimum atomic E-state index is 0.698. The maximum Gasteiger partial charge on any atom is 0.0251 e. The molecule has 3 unspecified atom stereocenters. The summed E-state index contributed by atoms with van der Waals surface area (Å²) < 4.78 is 0. The van der Waals surface area contributed by atoms with Crippen molar-refractivity contribution in [3.63, 3.8) is 0 Å². The van der Waals surface area contributed by atoms with E-state index in [4.69, 9.17) is 0 Å². The molecule has 0 aliphatic heterocycles. The molecule has 3 atom stereocenters. The highest BCUT2D eigenvalue weighted by Crippen LogP contribution is 2.32. The second-order valence-corrected chi connectivity index (χ2v) is 7.33. The fourth-order valence-corrected chi connectivity index (χ4v) is 3.84. The topological polar surface area (TPSA) is 18.5 Å². The van der Waals surface area contributed by atoms with E-state index in [1.165, 1.54) is 45.3 Å². The lowest BCUT2D eigenvalue weighted by molar-refractivity contribution is 0.0847. The number of nitrogens with zero attached hydrogens (tertiary/aromatic N) is 2. The quantitative estimate of drug-likeness (QED) is 0.705. The highest BCUT2D eigenvalue weighted by Gasteiger charge is 2.34. The summed E-state index contributed by atoms with van der Waals surface area (Å²) in [7, 11) is 4.35. The third kappa shape index (κ3) is 6.25. The molecule has 126 valence electrons. The fourth-order valence-electron chi connectivity index (χ4n) is 3.84. The van der Waals surface area contributed by atoms with Gasteiger partial charge < -0.3 is 10.2 Å². The standard InChI is InChI=1S/C18H39N3/c1-7-19-17-11-10-16(15(3)4)14-18(17)21(8-2)13-9-12-20(5)6/h15-19H,7-14H2,1-6H3. The van der Waals surface area contributed by atoms with E-state index in [9.17, 15) is 0 Å². The van der Waals surface area contributed by atoms with Crippen molar-refractivity contribution in [3.8, 4) is 0 Å². The van der Waals surface area contributed by atoms with Gasteiger partial charge in [0.15, 0.2) is 0 Å². The van der Waals surface area contributed by atoms with E-state index in [0.717, 1.165) is 24.4 Å². The molecule has 3 heteroatoms. The summed E-state index contributed by atoms with van der Waals surface area (Å²) >= 11 is 0. The summed E-state index contributed by atoms with van der Waals surface area (Å²) in [5.74, 6) is 1.74. The summed E-state index contributed by atoms with van der Waals surface area (Å²) in [6.07, 6.45) is 5.42. The van der Waals surface area contributed by atoms with Gasteiger partial charge in [0.25, 0.3) is 0 Å². The molecule has 1 aliphatic rings. The molecule has 1 rings (SSSR count). The monoisotopic (exact) mass is 297 g/mol. The van der Waals surface area contributed by atoms with Crippen molar-refractivity contribution < 1.29 is 0 Å². The van der Waals surface area contributed by atoms with Crippen LogP contribution in [-0.2, 0) is 0 Å². The Balaban J connectivity index is 2.63. The Hall–Kier alpha value is -0.120. The van der Waals surface area contributed by atoms with Crippen molar-refractivity contribution >= 4 is 0 Å². The zero-order valence-corrected chi connectivity index (χ0v) is 15.4. The van der Waals surface area contributed by atoms with E-state index < -0.39 is 0 Å². The number of hydrogen-bond donors (Lipinski definition) is 1. The predicted octanol–water partition coefficient (Wildman–Crippen LogP) is 3.06. The van der Waals surface area contributed by atoms with Crippen LogP contribution in [0.25, 0.3) is 0 Å². The molecule has 0 aromatic rings. The van der Waals surface area contributed by atoms with E-state index in [1.54, 1.807) is 0 Å². The van der Waals surface area contributed by atoms with Gasteiger partial charge in [-0.05, 0) is 77.8 Å². The molecule has 0 bridgehead atoms. The van der Waals surface area contributed by atoms with Gasteiger partial charge in [0.2, 0.25) is 0 Å². The van der Waals surface area contributed by atoms with Crippen LogP contribution < -0.4 is 5.32 Å². The highest BCUT2D eigenvalue weighted by atomic mass is 15.2. The van der Waals surface area contributed by atoms with Gasteiger partial charge in [0.1, 0.15) is 0 Å². The minimum absolute atomic E-state index is 0.698. The Morgan fingerprint density at radius 3 is 2.33 bits per heavy atom. The van der Waals surface area contributed by atoms with Crippen molar-refractivity contribution in [1.82, 2.24) is 15.1 Å². The van der Waals surface area contributed by atoms with Crippen LogP contribution in [0.1, 0.15) is 53.4 Å². The first-order valence-corrected chi connectivity index (χ1v) is 9.11. The summed E-state index contributed by atoms with van der Waals surface area (Å²) in [5.41, 5.74) is 0. The van der Waals surface area contributed by atoms with E-state index in [-0.39, 0.29) is 0 Å². The van der Waals surface area contributed by atoms with Crippen LogP contribution >= 0.6 is 0 Å². The molecule has 0 spiro atoms. The van der Waals surface area contributed by atoms with Crippen molar-refractivity contribution in [1.29, 1.82) is 0 Å². The number of nitrogens with one attached hydrogen (secondary N) is 1. The Bertz CT molecular complexity index is 265. The van der Waals surface area contributed by atoms with Gasteiger partial charge in [-0.25, -0.2) is 0 Å². The molecule has 1 N–H and O–H groups in total. The maximum absolute atomic E-state index is 3.76. The van der Waals surface area contributed by atoms with Crippen LogP contribution in [0.5, 0.6) is 0 Å². The highest BCUT2D eigenvalue weighted by molar-refractivity contribution is 4.91. The molecule has 0 amide bonds. The van der Waals surface area contributed by atoms with E-state index in [0.29, 0.717) is 6.04 Å². The first-order valence-electron chi connectivity index (χ1n) is 9.11. The Morgan fingerprint density at radius 2 is 1.81 bits per heavy atom. The average Bonchev–Trinajstić information content (AvgIpc) is 2.44. The summed E-state index contributed by atoms with van der Waals surface area (Å²) in [6.45, 7) is 14.1. The predicted molar refractivity (Wildman–Crippen MR) is 93.8 cm³/mol. The Labute approximate surface area is 133 Å². The Morgan fingerprint density at radius 1 is 1.10 bits per heavy atom. The lowest BCUT2D eigenvalue weighted by Crippen LogP contribution is -2.54. The second-order valence-electron chi connectivity index (χ2n) is 7.33. The van der Waals surface area contributed by atoms with Crippen LogP contribution in [-0.4, -0.2) is 62.2 Å². The normalized spacial score (nSPS) is 27.0. The lowest BCUT2D eigenvalue weighted by Gasteiger charge is -2.44. The minimum Gasteiger partial charge on any atom is -0.313 e. The van der Waals surface area contributed by atoms with Gasteiger partial charge in [0.05, 0.1) is 0 Å². The molecule has 0 radical (unpaired) electrons. The SMILES string of the molecule is CCNC1CCC(C(C)C)CC1N(CC)CCCN(C)C. The van der Waals surface area contributed by atoms with Crippen LogP contribution in [0.4, 0.5) is 0 Å². The fraction of sp³-hybridized carbons (Fsp3) is 1.00. The number of likely N-dealkylation sites (N-methyl/N-ethyl adjacent to an activating group) is 2. The smallest absolute Gasteiger partial charge is 0.0251 e. The molecule has 3 nitrogen and oxygen atoms in total. The van der Waals surface area contributed by atoms with Crippen molar-refractivity contribution in [3.05, 3.63) is 0 Å². The van der Waals surface area contributed by atoms with Crippen molar-refractivity contribution in [2.75, 3.05) is 40.3 Å². The third-order valence-electron chi connectivity index (χ3n) is 5.19. The second kappa shape index (κ2) is 9.81. The molecule has 0 heterocycles. The zero-order valence-electron chi connectivity index (χ0n) is 15.4. The molecule has 1 aliphatic carbocycles. The summed E-state index contributed by atoms with van der Waals surface area (Å²) in [5, 5.41) is 3.76. The zero-order chi connectivity index (χ0) is 15.8. The molecule has 0 aromatic heterocycles. The van der Waals surface area contributed by atoms with Crippen LogP contribution in [0.3, 0.4) is 0 Å². The number of rotatable bonds is 9. The maximum atomic E-state index is 3.76. The molecule has 0 aromatic carbocycles. The first-order chi connectivity index (χ1) is 9.99. The molecular weight excluding hydrogens is 258 g/mol. The van der Waals surface area contributed by atoms with Crippen LogP contribution in [0, 0.1) is 11.8 Å². The van der Waals surface area contributed by atoms with E-state index in [1.807, 2.05) is 0 Å². The Kier molecular flexibility index (Phi) is 8.84. The van der Waals surface area contributed by atoms with Crippen LogP contribution in [0.2, 0.25) is 0 Å². The molecule has 1 fully saturated rings. The molecular formula is C18H39N3. The lowest BCUT2D eigenvalue weighted by atomic mass is 9.76. The summed E-state index contributed by atoms with van der Waals surface area (Å²) in [6, 6.07) is 1.43. The largest absolute Gasteiger partial charge is 0.313 e. The van der Waals surface area contributed by atoms with Gasteiger partial charge in [-0.15, -0.1) is 0 Å². The van der Waals surface area contributed by atoms with Gasteiger partial charge in [-0.1, -0.05) is 27.7 Å². The third-order valence-corrected chi connectivity index (χ3v) is 5.19. The van der Waals surface area contributed by atoms with Crippen molar-refractivity contribution in [2.45, 2.75) is 65.5 Å². The average molecular weight is 298 g/mol. The molecule has 1 saturated carbocycles. The van der Waals surface area contributed by atoms with Gasteiger partial charge in [-0.3, -0.25) is 4.90 Å².